The van der Waals surface area contributed by atoms with Gasteiger partial charge in [0.15, 0.2) is 5.78 Å². The number of hydrogen-bond acceptors (Lipinski definition) is 2. The van der Waals surface area contributed by atoms with Crippen LogP contribution in [0.3, 0.4) is 0 Å². The van der Waals surface area contributed by atoms with E-state index < -0.39 is 0 Å². The molecule has 0 amide bonds. The molecule has 0 radical (unpaired) electrons. The lowest BCUT2D eigenvalue weighted by atomic mass is 9.83. The van der Waals surface area contributed by atoms with Gasteiger partial charge >= 0.3 is 0 Å². The van der Waals surface area contributed by atoms with Crippen molar-refractivity contribution in [2.45, 2.75) is 34.6 Å². The van der Waals surface area contributed by atoms with Crippen molar-refractivity contribution in [3.05, 3.63) is 11.3 Å². The van der Waals surface area contributed by atoms with Crippen molar-refractivity contribution < 1.29 is 9.90 Å². The zero-order valence-electron chi connectivity index (χ0n) is 7.86. The zero-order valence-corrected chi connectivity index (χ0v) is 7.86. The molecule has 1 N–H and O–H groups in total. The smallest absolute Gasteiger partial charge is 0.159 e. The Balaban J connectivity index is 4.96. The molecule has 2 nitrogen and oxygen atoms in total. The normalized spacial score (nSPS) is 14.3. The standard InChI is InChI=1S/C9H16O2/c1-6(10)8(7(2)11)9(3,4)5/h10H,1-5H3/b8-6+. The fourth-order valence-corrected chi connectivity index (χ4v) is 1.33. The summed E-state index contributed by atoms with van der Waals surface area (Å²) in [6, 6.07) is 0. The second-order valence-electron chi connectivity index (χ2n) is 3.77. The Labute approximate surface area is 67.9 Å². The Morgan fingerprint density at radius 1 is 1.18 bits per heavy atom. The number of allylic oxidation sites excluding steroid dienone is 2. The van der Waals surface area contributed by atoms with Crippen LogP contribution in [0.1, 0.15) is 34.6 Å². The molecular formula is C9H16O2. The van der Waals surface area contributed by atoms with E-state index in [1.165, 1.54) is 6.92 Å². The fraction of sp³-hybridized carbons (Fsp3) is 0.667. The second kappa shape index (κ2) is 3.07. The molecule has 0 bridgehead atoms. The number of carbonyl (C=O) groups excluding carboxylic acids is 1. The minimum Gasteiger partial charge on any atom is -0.512 e. The van der Waals surface area contributed by atoms with Crippen molar-refractivity contribution in [3.63, 3.8) is 0 Å². The van der Waals surface area contributed by atoms with Gasteiger partial charge in [-0.05, 0) is 19.3 Å². The monoisotopic (exact) mass is 156 g/mol. The van der Waals surface area contributed by atoms with Gasteiger partial charge in [-0.2, -0.15) is 0 Å². The quantitative estimate of drug-likeness (QED) is 0.467. The maximum absolute atomic E-state index is 11.0. The van der Waals surface area contributed by atoms with E-state index in [-0.39, 0.29) is 17.0 Å². The van der Waals surface area contributed by atoms with Gasteiger partial charge in [0.1, 0.15) is 0 Å². The second-order valence-corrected chi connectivity index (χ2v) is 3.77. The lowest BCUT2D eigenvalue weighted by Gasteiger charge is -2.21. The topological polar surface area (TPSA) is 37.3 Å². The predicted molar refractivity (Wildman–Crippen MR) is 45.5 cm³/mol. The van der Waals surface area contributed by atoms with Gasteiger partial charge in [-0.3, -0.25) is 4.79 Å². The molecule has 0 aromatic heterocycles. The summed E-state index contributed by atoms with van der Waals surface area (Å²) in [7, 11) is 0. The number of rotatable bonds is 1. The van der Waals surface area contributed by atoms with Crippen LogP contribution in [0, 0.1) is 5.41 Å². The van der Waals surface area contributed by atoms with Crippen LogP contribution < -0.4 is 0 Å². The highest BCUT2D eigenvalue weighted by Gasteiger charge is 2.23. The van der Waals surface area contributed by atoms with E-state index in [1.54, 1.807) is 6.92 Å². The Kier molecular flexibility index (Phi) is 2.85. The lowest BCUT2D eigenvalue weighted by molar-refractivity contribution is -0.114. The third kappa shape index (κ3) is 2.74. The third-order valence-electron chi connectivity index (χ3n) is 1.46. The summed E-state index contributed by atoms with van der Waals surface area (Å²) in [6.45, 7) is 8.73. The lowest BCUT2D eigenvalue weighted by Crippen LogP contribution is -2.17. The van der Waals surface area contributed by atoms with Crippen molar-refractivity contribution in [2.24, 2.45) is 5.41 Å². The van der Waals surface area contributed by atoms with Crippen molar-refractivity contribution in [1.82, 2.24) is 0 Å². The summed E-state index contributed by atoms with van der Waals surface area (Å²) in [4.78, 5) is 11.0. The van der Waals surface area contributed by atoms with Gasteiger partial charge in [-0.25, -0.2) is 0 Å². The molecule has 0 atom stereocenters. The number of hydrogen-bond donors (Lipinski definition) is 1. The first-order valence-electron chi connectivity index (χ1n) is 3.68. The average molecular weight is 156 g/mol. The number of aliphatic hydroxyl groups excluding tert-OH is 1. The third-order valence-corrected chi connectivity index (χ3v) is 1.46. The van der Waals surface area contributed by atoms with E-state index in [0.29, 0.717) is 5.57 Å². The zero-order chi connectivity index (χ0) is 9.23. The van der Waals surface area contributed by atoms with E-state index in [4.69, 9.17) is 0 Å². The molecule has 0 saturated carbocycles. The molecule has 0 saturated heterocycles. The minimum absolute atomic E-state index is 0.0579. The van der Waals surface area contributed by atoms with Crippen LogP contribution >= 0.6 is 0 Å². The molecule has 0 aromatic carbocycles. The van der Waals surface area contributed by atoms with E-state index in [9.17, 15) is 9.90 Å². The van der Waals surface area contributed by atoms with Crippen LogP contribution in [0.15, 0.2) is 11.3 Å². The summed E-state index contributed by atoms with van der Waals surface area (Å²) in [5, 5.41) is 9.18. The highest BCUT2D eigenvalue weighted by molar-refractivity contribution is 5.94. The summed E-state index contributed by atoms with van der Waals surface area (Å²) in [5.41, 5.74) is 0.252. The van der Waals surface area contributed by atoms with Gasteiger partial charge in [0.2, 0.25) is 0 Å². The van der Waals surface area contributed by atoms with E-state index in [1.807, 2.05) is 20.8 Å². The molecule has 0 rings (SSSR count). The Bertz CT molecular complexity index is 190. The van der Waals surface area contributed by atoms with Gasteiger partial charge in [0.05, 0.1) is 5.76 Å². The summed E-state index contributed by atoms with van der Waals surface area (Å²) >= 11 is 0. The van der Waals surface area contributed by atoms with E-state index in [2.05, 4.69) is 0 Å². The first-order valence-corrected chi connectivity index (χ1v) is 3.68. The van der Waals surface area contributed by atoms with E-state index >= 15 is 0 Å². The van der Waals surface area contributed by atoms with Crippen LogP contribution in [0.4, 0.5) is 0 Å². The first-order chi connectivity index (χ1) is 4.76. The highest BCUT2D eigenvalue weighted by atomic mass is 16.3. The number of Topliss-reactive ketones (excluding diaryl/α,β-unsaturated/α-hetero) is 1. The molecule has 0 aliphatic carbocycles. The SMILES string of the molecule is CC(=O)/C(=C(/C)O)C(C)(C)C. The van der Waals surface area contributed by atoms with Crippen molar-refractivity contribution in [2.75, 3.05) is 0 Å². The summed E-state index contributed by atoms with van der Waals surface area (Å²) in [5.74, 6) is 0.0718. The van der Waals surface area contributed by atoms with Gasteiger partial charge in [-0.15, -0.1) is 0 Å². The molecule has 0 aliphatic heterocycles. The molecule has 0 fully saturated rings. The van der Waals surface area contributed by atoms with Crippen LogP contribution in [0.2, 0.25) is 0 Å². The van der Waals surface area contributed by atoms with Gasteiger partial charge in [-0.1, -0.05) is 20.8 Å². The molecular weight excluding hydrogens is 140 g/mol. The van der Waals surface area contributed by atoms with Gasteiger partial charge < -0.3 is 5.11 Å². The molecule has 0 unspecified atom stereocenters. The summed E-state index contributed by atoms with van der Waals surface area (Å²) < 4.78 is 0. The number of ketones is 1. The van der Waals surface area contributed by atoms with Crippen molar-refractivity contribution in [3.8, 4) is 0 Å². The van der Waals surface area contributed by atoms with E-state index in [0.717, 1.165) is 0 Å². The number of aliphatic hydroxyl groups is 1. The molecule has 0 aliphatic rings. The van der Waals surface area contributed by atoms with Gasteiger partial charge in [0, 0.05) is 5.57 Å². The van der Waals surface area contributed by atoms with Crippen LogP contribution in [0.25, 0.3) is 0 Å². The maximum Gasteiger partial charge on any atom is 0.159 e. The molecule has 0 spiro atoms. The van der Waals surface area contributed by atoms with Crippen LogP contribution in [-0.2, 0) is 4.79 Å². The first kappa shape index (κ1) is 10.2. The molecule has 0 heterocycles. The molecule has 11 heavy (non-hydrogen) atoms. The Hall–Kier alpha value is -0.790. The Morgan fingerprint density at radius 2 is 1.55 bits per heavy atom. The van der Waals surface area contributed by atoms with Crippen LogP contribution in [-0.4, -0.2) is 10.9 Å². The highest BCUT2D eigenvalue weighted by Crippen LogP contribution is 2.27. The van der Waals surface area contributed by atoms with Crippen LogP contribution in [0.5, 0.6) is 0 Å². The molecule has 2 heteroatoms. The fourth-order valence-electron chi connectivity index (χ4n) is 1.33. The van der Waals surface area contributed by atoms with Crippen molar-refractivity contribution in [1.29, 1.82) is 0 Å². The predicted octanol–water partition coefficient (Wildman–Crippen LogP) is 2.45. The summed E-state index contributed by atoms with van der Waals surface area (Å²) in [6.07, 6.45) is 0. The average Bonchev–Trinajstić information content (AvgIpc) is 1.54. The Morgan fingerprint density at radius 3 is 1.55 bits per heavy atom. The molecule has 64 valence electrons. The largest absolute Gasteiger partial charge is 0.512 e. The van der Waals surface area contributed by atoms with Gasteiger partial charge in [0.25, 0.3) is 0 Å². The minimum atomic E-state index is -0.259. The number of carbonyl (C=O) groups is 1. The van der Waals surface area contributed by atoms with Crippen molar-refractivity contribution >= 4 is 5.78 Å². The maximum atomic E-state index is 11.0. The molecule has 0 aromatic rings.